The van der Waals surface area contributed by atoms with Crippen LogP contribution in [0.1, 0.15) is 57.8 Å². The number of hydrogen-bond acceptors (Lipinski definition) is 5. The van der Waals surface area contributed by atoms with Gasteiger partial charge in [0.25, 0.3) is 0 Å². The number of aromatic nitrogens is 5. The van der Waals surface area contributed by atoms with Gasteiger partial charge in [-0.25, -0.2) is 4.98 Å². The van der Waals surface area contributed by atoms with Crippen LogP contribution in [0, 0.1) is 12.1 Å². The summed E-state index contributed by atoms with van der Waals surface area (Å²) < 4.78 is 8.26. The molecule has 7 rings (SSSR count). The summed E-state index contributed by atoms with van der Waals surface area (Å²) in [5.74, 6) is 1.59. The number of aryl methyl sites for hydroxylation is 1. The van der Waals surface area contributed by atoms with Gasteiger partial charge in [0.2, 0.25) is 5.71 Å². The van der Waals surface area contributed by atoms with Gasteiger partial charge in [-0.1, -0.05) is 64.9 Å². The van der Waals surface area contributed by atoms with Gasteiger partial charge in [0.15, 0.2) is 0 Å². The van der Waals surface area contributed by atoms with Gasteiger partial charge < -0.3 is 14.0 Å². The molecule has 243 valence electrons. The second-order valence-electron chi connectivity index (χ2n) is 13.3. The second kappa shape index (κ2) is 14.0. The minimum Gasteiger partial charge on any atom is -0.486 e. The maximum absolute atomic E-state index is 6.02. The van der Waals surface area contributed by atoms with Crippen LogP contribution in [-0.2, 0) is 26.7 Å². The Morgan fingerprint density at radius 2 is 1.66 bits per heavy atom. The Morgan fingerprint density at radius 3 is 2.30 bits per heavy atom. The fourth-order valence-corrected chi connectivity index (χ4v) is 6.69. The molecular weight excluding hydrogens is 775 g/mol. The van der Waals surface area contributed by atoms with Gasteiger partial charge in [-0.3, -0.25) is 9.97 Å². The number of rotatable bonds is 6. The molecule has 0 saturated carbocycles. The van der Waals surface area contributed by atoms with Crippen molar-refractivity contribution < 1.29 is 24.5 Å². The number of benzene rings is 2. The normalized spacial score (nSPS) is 11.7. The molecule has 0 unspecified atom stereocenters. The van der Waals surface area contributed by atoms with Gasteiger partial charge >= 0.3 is 0 Å². The smallest absolute Gasteiger partial charge is 0.216 e. The van der Waals surface area contributed by atoms with E-state index in [1.54, 1.807) is 0 Å². The molecule has 0 fully saturated rings. The zero-order chi connectivity index (χ0) is 32.6. The number of nitrogens with zero attached hydrogens (tertiary/aromatic N) is 5. The quantitative estimate of drug-likeness (QED) is 0.124. The molecule has 5 aromatic heterocycles. The van der Waals surface area contributed by atoms with E-state index in [2.05, 4.69) is 111 Å². The van der Waals surface area contributed by atoms with Crippen LogP contribution in [0.25, 0.3) is 55.7 Å². The first-order valence-corrected chi connectivity index (χ1v) is 19.6. The fraction of sp³-hybridized carbons (Fsp3) is 0.282. The first kappa shape index (κ1) is 34.4. The summed E-state index contributed by atoms with van der Waals surface area (Å²) in [5.41, 5.74) is 8.68. The van der Waals surface area contributed by atoms with Crippen LogP contribution in [0.15, 0.2) is 83.5 Å². The summed E-state index contributed by atoms with van der Waals surface area (Å²) in [6, 6.07) is 29.0. The van der Waals surface area contributed by atoms with Gasteiger partial charge in [0.05, 0.1) is 36.2 Å². The predicted octanol–water partition coefficient (Wildman–Crippen LogP) is 9.55. The Labute approximate surface area is 292 Å². The summed E-state index contributed by atoms with van der Waals surface area (Å²) >= 11 is 0. The SMILES string of the molecule is CCn1c(-c2[c-]cc3oc4nc(C(C)C)ccc4c3c2)nc2ccnc(C(C)C)c21.C[Si](C)(C)c1ccc(-c2[c-]cccc2)nc1.[Ir]. The zero-order valence-corrected chi connectivity index (χ0v) is 31.7. The fourth-order valence-electron chi connectivity index (χ4n) is 5.66. The van der Waals surface area contributed by atoms with Crippen LogP contribution in [0.4, 0.5) is 0 Å². The van der Waals surface area contributed by atoms with E-state index in [1.165, 1.54) is 5.19 Å². The molecule has 6 nitrogen and oxygen atoms in total. The number of fused-ring (bicyclic) bond motifs is 4. The number of hydrogen-bond donors (Lipinski definition) is 0. The summed E-state index contributed by atoms with van der Waals surface area (Å²) in [6.07, 6.45) is 3.87. The van der Waals surface area contributed by atoms with Gasteiger partial charge in [-0.05, 0) is 47.8 Å². The summed E-state index contributed by atoms with van der Waals surface area (Å²) in [5, 5.41) is 3.46. The van der Waals surface area contributed by atoms with E-state index in [4.69, 9.17) is 14.4 Å². The molecule has 2 aromatic carbocycles. The van der Waals surface area contributed by atoms with Crippen molar-refractivity contribution in [3.05, 3.63) is 103 Å². The molecule has 0 aliphatic carbocycles. The largest absolute Gasteiger partial charge is 0.486 e. The maximum atomic E-state index is 6.02. The minimum atomic E-state index is -1.23. The molecule has 7 aromatic rings. The van der Waals surface area contributed by atoms with Crippen molar-refractivity contribution in [3.8, 4) is 22.6 Å². The Hall–Kier alpha value is -3.97. The van der Waals surface area contributed by atoms with Crippen LogP contribution in [-0.4, -0.2) is 32.6 Å². The molecule has 8 heteroatoms. The average molecular weight is 816 g/mol. The van der Waals surface area contributed by atoms with Crippen LogP contribution < -0.4 is 5.19 Å². The van der Waals surface area contributed by atoms with Crippen LogP contribution in [0.2, 0.25) is 19.6 Å². The third-order valence-corrected chi connectivity index (χ3v) is 10.3. The molecule has 0 saturated heterocycles. The Balaban J connectivity index is 0.000000217. The molecule has 5 heterocycles. The number of pyridine rings is 3. The molecule has 1 radical (unpaired) electrons. The number of imidazole rings is 1. The van der Waals surface area contributed by atoms with E-state index in [1.807, 2.05) is 48.8 Å². The minimum absolute atomic E-state index is 0. The van der Waals surface area contributed by atoms with E-state index in [0.29, 0.717) is 17.5 Å². The topological polar surface area (TPSA) is 69.6 Å². The molecule has 0 spiro atoms. The van der Waals surface area contributed by atoms with Crippen molar-refractivity contribution >= 4 is 46.4 Å². The predicted molar refractivity (Wildman–Crippen MR) is 192 cm³/mol. The zero-order valence-electron chi connectivity index (χ0n) is 28.3. The van der Waals surface area contributed by atoms with Crippen molar-refractivity contribution in [2.24, 2.45) is 0 Å². The van der Waals surface area contributed by atoms with E-state index in [9.17, 15) is 0 Å². The standard InChI is InChI=1S/C25H25N4O.C14H16NSi.Ir/c1-6-29-23-20(11-12-26-22(23)15(4)5)27-24(29)16-7-10-21-18(13-16)17-8-9-19(14(2)3)28-25(17)30-21;1-16(2,3)13-9-10-14(15-11-13)12-7-5-4-6-8-12;/h8-15H,6H2,1-5H3;4-7,9-11H,1-3H3;/q2*-1;. The molecule has 0 amide bonds. The second-order valence-corrected chi connectivity index (χ2v) is 18.4. The summed E-state index contributed by atoms with van der Waals surface area (Å²) in [7, 11) is -1.23. The monoisotopic (exact) mass is 816 g/mol. The van der Waals surface area contributed by atoms with Crippen molar-refractivity contribution in [1.29, 1.82) is 0 Å². The van der Waals surface area contributed by atoms with Crippen LogP contribution in [0.3, 0.4) is 0 Å². The first-order valence-electron chi connectivity index (χ1n) is 16.1. The van der Waals surface area contributed by atoms with Crippen molar-refractivity contribution in [3.63, 3.8) is 0 Å². The van der Waals surface area contributed by atoms with Crippen molar-refractivity contribution in [2.75, 3.05) is 0 Å². The van der Waals surface area contributed by atoms with Gasteiger partial charge in [-0.2, -0.15) is 0 Å². The average Bonchev–Trinajstić information content (AvgIpc) is 3.62. The molecule has 0 N–H and O–H groups in total. The summed E-state index contributed by atoms with van der Waals surface area (Å²) in [6.45, 7) is 18.6. The van der Waals surface area contributed by atoms with E-state index < -0.39 is 8.07 Å². The molecular formula is C39H41IrN5OSi-2. The Kier molecular flexibility index (Phi) is 10.3. The third-order valence-electron chi connectivity index (χ3n) is 8.28. The van der Waals surface area contributed by atoms with Crippen LogP contribution >= 0.6 is 0 Å². The molecule has 0 atom stereocenters. The van der Waals surface area contributed by atoms with E-state index in [-0.39, 0.29) is 20.1 Å². The third kappa shape index (κ3) is 7.01. The first-order chi connectivity index (χ1) is 22.0. The van der Waals surface area contributed by atoms with Gasteiger partial charge in [-0.15, -0.1) is 59.7 Å². The molecule has 47 heavy (non-hydrogen) atoms. The summed E-state index contributed by atoms with van der Waals surface area (Å²) in [4.78, 5) is 18.8. The van der Waals surface area contributed by atoms with E-state index in [0.717, 1.165) is 68.0 Å². The Bertz CT molecular complexity index is 2130. The van der Waals surface area contributed by atoms with Crippen molar-refractivity contribution in [2.45, 2.75) is 72.6 Å². The van der Waals surface area contributed by atoms with Crippen molar-refractivity contribution in [1.82, 2.24) is 24.5 Å². The number of furan rings is 1. The van der Waals surface area contributed by atoms with Crippen LogP contribution in [0.5, 0.6) is 0 Å². The molecule has 0 aliphatic heterocycles. The van der Waals surface area contributed by atoms with Gasteiger partial charge in [0.1, 0.15) is 0 Å². The molecule has 0 aliphatic rings. The molecule has 0 bridgehead atoms. The van der Waals surface area contributed by atoms with Gasteiger partial charge in [0, 0.05) is 50.1 Å². The Morgan fingerprint density at radius 1 is 0.851 bits per heavy atom. The maximum Gasteiger partial charge on any atom is 0.216 e. The van der Waals surface area contributed by atoms with E-state index >= 15 is 0 Å².